The molecule has 0 aliphatic heterocycles. The molecule has 7 nitrogen and oxygen atoms in total. The Labute approximate surface area is 212 Å². The van der Waals surface area contributed by atoms with Crippen molar-refractivity contribution in [2.45, 2.75) is 26.2 Å². The van der Waals surface area contributed by atoms with Gasteiger partial charge in [0.25, 0.3) is 5.91 Å². The molecule has 11 heteroatoms. The van der Waals surface area contributed by atoms with Crippen molar-refractivity contribution in [1.29, 1.82) is 0 Å². The number of hydrogen-bond donors (Lipinski definition) is 0. The average Bonchev–Trinajstić information content (AvgIpc) is 3.45. The zero-order valence-electron chi connectivity index (χ0n) is 19.3. The number of carbonyl (C=O) groups excluding carboxylic acids is 1. The van der Waals surface area contributed by atoms with Crippen molar-refractivity contribution < 1.29 is 18.0 Å². The predicted molar refractivity (Wildman–Crippen MR) is 132 cm³/mol. The number of aryl methyl sites for hydroxylation is 1. The van der Waals surface area contributed by atoms with E-state index in [1.54, 1.807) is 30.1 Å². The van der Waals surface area contributed by atoms with Crippen molar-refractivity contribution >= 4 is 38.3 Å². The predicted octanol–water partition coefficient (Wildman–Crippen LogP) is 5.82. The van der Waals surface area contributed by atoms with Crippen LogP contribution >= 0.6 is 15.9 Å². The first-order valence-corrected chi connectivity index (χ1v) is 11.9. The summed E-state index contributed by atoms with van der Waals surface area (Å²) in [7, 11) is 1.57. The smallest absolute Gasteiger partial charge is 0.336 e. The van der Waals surface area contributed by atoms with E-state index < -0.39 is 17.8 Å². The quantitative estimate of drug-likeness (QED) is 0.273. The van der Waals surface area contributed by atoms with Crippen LogP contribution in [0.25, 0.3) is 27.7 Å². The minimum Gasteiger partial charge on any atom is -0.336 e. The Hall–Kier alpha value is -3.73. The Bertz CT molecular complexity index is 1600. The highest BCUT2D eigenvalue weighted by Gasteiger charge is 2.36. The molecule has 5 rings (SSSR count). The van der Waals surface area contributed by atoms with Crippen LogP contribution in [-0.2, 0) is 19.3 Å². The van der Waals surface area contributed by atoms with Crippen molar-refractivity contribution in [1.82, 2.24) is 29.3 Å². The summed E-state index contributed by atoms with van der Waals surface area (Å²) < 4.78 is 45.4. The number of carbonyl (C=O) groups is 1. The summed E-state index contributed by atoms with van der Waals surface area (Å²) in [6.07, 6.45) is -1.94. The average molecular weight is 557 g/mol. The zero-order valence-corrected chi connectivity index (χ0v) is 20.9. The van der Waals surface area contributed by atoms with Gasteiger partial charge in [0.15, 0.2) is 11.3 Å². The Kier molecular flexibility index (Phi) is 6.03. The Morgan fingerprint density at radius 1 is 1.08 bits per heavy atom. The van der Waals surface area contributed by atoms with E-state index in [1.807, 2.05) is 37.3 Å². The second kappa shape index (κ2) is 9.05. The minimum absolute atomic E-state index is 0.0243. The molecule has 1 amide bonds. The topological polar surface area (TPSA) is 68.3 Å². The molecule has 0 radical (unpaired) electrons. The molecule has 0 aliphatic rings. The summed E-state index contributed by atoms with van der Waals surface area (Å²) in [6.45, 7) is 2.72. The second-order valence-corrected chi connectivity index (χ2v) is 9.12. The number of amides is 1. The first-order valence-electron chi connectivity index (χ1n) is 11.1. The molecule has 5 aromatic rings. The van der Waals surface area contributed by atoms with Crippen molar-refractivity contribution in [3.05, 3.63) is 82.3 Å². The summed E-state index contributed by atoms with van der Waals surface area (Å²) >= 11 is 3.44. The third kappa shape index (κ3) is 4.13. The van der Waals surface area contributed by atoms with E-state index in [0.717, 1.165) is 33.2 Å². The van der Waals surface area contributed by atoms with Gasteiger partial charge in [-0.2, -0.15) is 23.4 Å². The molecule has 0 unspecified atom stereocenters. The van der Waals surface area contributed by atoms with Gasteiger partial charge in [-0.15, -0.1) is 0 Å². The van der Waals surface area contributed by atoms with Gasteiger partial charge in [0.1, 0.15) is 5.56 Å². The van der Waals surface area contributed by atoms with Crippen LogP contribution in [-0.4, -0.2) is 42.2 Å². The third-order valence-electron chi connectivity index (χ3n) is 5.99. The van der Waals surface area contributed by atoms with Crippen LogP contribution in [0.1, 0.15) is 28.7 Å². The lowest BCUT2D eigenvalue weighted by molar-refractivity contribution is -0.142. The molecule has 0 fully saturated rings. The van der Waals surface area contributed by atoms with Gasteiger partial charge in [-0.05, 0) is 39.7 Å². The maximum Gasteiger partial charge on any atom is 0.433 e. The minimum atomic E-state index is -4.71. The van der Waals surface area contributed by atoms with Crippen LogP contribution in [0, 0.1) is 0 Å². The van der Waals surface area contributed by atoms with Crippen molar-refractivity contribution in [2.75, 3.05) is 7.05 Å². The van der Waals surface area contributed by atoms with Gasteiger partial charge in [0.2, 0.25) is 0 Å². The molecule has 0 aliphatic carbocycles. The molecular weight excluding hydrogens is 537 g/mol. The van der Waals surface area contributed by atoms with Crippen molar-refractivity contribution in [3.63, 3.8) is 0 Å². The molecule has 3 aromatic heterocycles. The Morgan fingerprint density at radius 3 is 2.58 bits per heavy atom. The summed E-state index contributed by atoms with van der Waals surface area (Å²) in [6, 6.07) is 13.7. The van der Waals surface area contributed by atoms with Crippen LogP contribution in [0.3, 0.4) is 0 Å². The Morgan fingerprint density at radius 2 is 1.83 bits per heavy atom. The number of fused-ring (bicyclic) bond motifs is 2. The van der Waals surface area contributed by atoms with E-state index in [4.69, 9.17) is 0 Å². The number of benzene rings is 2. The van der Waals surface area contributed by atoms with E-state index in [1.165, 1.54) is 4.90 Å². The van der Waals surface area contributed by atoms with E-state index in [-0.39, 0.29) is 23.4 Å². The molecule has 2 aromatic carbocycles. The molecule has 0 saturated carbocycles. The molecule has 184 valence electrons. The molecule has 0 N–H and O–H groups in total. The lowest BCUT2D eigenvalue weighted by atomic mass is 10.0. The van der Waals surface area contributed by atoms with E-state index in [0.29, 0.717) is 16.6 Å². The van der Waals surface area contributed by atoms with Gasteiger partial charge in [-0.1, -0.05) is 42.5 Å². The van der Waals surface area contributed by atoms with E-state index in [9.17, 15) is 18.0 Å². The lowest BCUT2D eigenvalue weighted by Crippen LogP contribution is -2.28. The van der Waals surface area contributed by atoms with Gasteiger partial charge in [-0.3, -0.25) is 9.48 Å². The second-order valence-electron chi connectivity index (χ2n) is 8.26. The Balaban J connectivity index is 1.64. The van der Waals surface area contributed by atoms with Crippen molar-refractivity contribution in [3.8, 4) is 11.3 Å². The normalized spacial score (nSPS) is 11.9. The van der Waals surface area contributed by atoms with E-state index >= 15 is 0 Å². The highest BCUT2D eigenvalue weighted by molar-refractivity contribution is 9.10. The molecule has 36 heavy (non-hydrogen) atoms. The maximum atomic E-state index is 14.1. The number of hydrogen-bond acceptors (Lipinski definition) is 4. The van der Waals surface area contributed by atoms with Crippen LogP contribution in [0.2, 0.25) is 0 Å². The third-order valence-corrected chi connectivity index (χ3v) is 6.65. The summed E-state index contributed by atoms with van der Waals surface area (Å²) in [5, 5.41) is 9.76. The summed E-state index contributed by atoms with van der Waals surface area (Å²) in [4.78, 5) is 19.3. The highest BCUT2D eigenvalue weighted by Crippen LogP contribution is 2.35. The molecule has 3 heterocycles. The van der Waals surface area contributed by atoms with Gasteiger partial charge < -0.3 is 4.90 Å². The number of aromatic nitrogens is 5. The highest BCUT2D eigenvalue weighted by atomic mass is 79.9. The molecule has 0 spiro atoms. The molecule has 0 saturated heterocycles. The van der Waals surface area contributed by atoms with Gasteiger partial charge in [0, 0.05) is 19.2 Å². The van der Waals surface area contributed by atoms with Gasteiger partial charge in [-0.25, -0.2) is 9.50 Å². The first kappa shape index (κ1) is 24.0. The summed E-state index contributed by atoms with van der Waals surface area (Å²) in [5.74, 6) is -0.503. The largest absolute Gasteiger partial charge is 0.433 e. The number of rotatable bonds is 5. The van der Waals surface area contributed by atoms with Crippen LogP contribution in [0.4, 0.5) is 13.2 Å². The van der Waals surface area contributed by atoms with Crippen LogP contribution in [0.15, 0.2) is 65.4 Å². The number of halogens is 4. The maximum absolute atomic E-state index is 14.1. The summed E-state index contributed by atoms with van der Waals surface area (Å²) in [5.41, 5.74) is 0.214. The van der Waals surface area contributed by atoms with Gasteiger partial charge >= 0.3 is 6.18 Å². The monoisotopic (exact) mass is 556 g/mol. The number of alkyl halides is 3. The lowest BCUT2D eigenvalue weighted by Gasteiger charge is -2.18. The fourth-order valence-corrected chi connectivity index (χ4v) is 4.64. The molecular formula is C25H20BrF3N6O. The molecule has 0 atom stereocenters. The van der Waals surface area contributed by atoms with Crippen LogP contribution < -0.4 is 0 Å². The van der Waals surface area contributed by atoms with Gasteiger partial charge in [0.05, 0.1) is 34.8 Å². The van der Waals surface area contributed by atoms with E-state index in [2.05, 4.69) is 31.1 Å². The number of nitrogens with zero attached hydrogens (tertiary/aromatic N) is 6. The molecule has 0 bridgehead atoms. The fourth-order valence-electron chi connectivity index (χ4n) is 4.22. The zero-order chi connectivity index (χ0) is 25.6. The van der Waals surface area contributed by atoms with Crippen molar-refractivity contribution in [2.24, 2.45) is 0 Å². The SMILES string of the molecule is CCn1ncc(Br)c1CN(C)C(=O)c1cnn2c(C(F)(F)F)cc(-c3cccc4ccccc34)nc12. The fraction of sp³-hybridized carbons (Fsp3) is 0.200. The standard InChI is InChI=1S/C25H20BrF3N6O/c1-3-34-21(19(26)13-30-34)14-33(2)24(36)18-12-31-35-22(25(27,28)29)11-20(32-23(18)35)17-10-6-8-15-7-4-5-9-16(15)17/h4-13H,3,14H2,1-2H3. The van der Waals surface area contributed by atoms with Crippen LogP contribution in [0.5, 0.6) is 0 Å². The first-order chi connectivity index (χ1) is 17.2.